The minimum absolute atomic E-state index is 0.0581. The lowest BCUT2D eigenvalue weighted by Crippen LogP contribution is -2.60. The number of amides is 1. The lowest BCUT2D eigenvalue weighted by Gasteiger charge is -2.45. The number of H-pyrrole nitrogens is 1. The van der Waals surface area contributed by atoms with Gasteiger partial charge < -0.3 is 20.0 Å². The number of hydrogen-bond acceptors (Lipinski definition) is 8. The molecule has 3 rings (SSSR count). The number of alkyl halides is 3. The number of aromatic nitrogens is 2. The Morgan fingerprint density at radius 1 is 1.10 bits per heavy atom. The van der Waals surface area contributed by atoms with Crippen molar-refractivity contribution in [3.05, 3.63) is 59.2 Å². The third kappa shape index (κ3) is 9.20. The lowest BCUT2D eigenvalue weighted by molar-refractivity contribution is -0.137. The van der Waals surface area contributed by atoms with Crippen LogP contribution >= 0.6 is 0 Å². The number of likely N-dealkylation sites (N-methyl/N-ethyl adjacent to an activating group) is 1. The first kappa shape index (κ1) is 34.1. The Labute approximate surface area is 243 Å². The van der Waals surface area contributed by atoms with Crippen molar-refractivity contribution in [2.75, 3.05) is 26.7 Å². The van der Waals surface area contributed by atoms with E-state index in [9.17, 15) is 22.8 Å². The summed E-state index contributed by atoms with van der Waals surface area (Å²) in [5, 5.41) is 22.8. The number of ether oxygens (including phenoxy) is 1. The number of halogens is 3. The van der Waals surface area contributed by atoms with E-state index in [0.29, 0.717) is 42.0 Å². The number of carbonyl (C=O) groups excluding carboxylic acids is 2. The third-order valence-electron chi connectivity index (χ3n) is 6.65. The summed E-state index contributed by atoms with van der Waals surface area (Å²) < 4.78 is 42.6. The van der Waals surface area contributed by atoms with Gasteiger partial charge in [-0.3, -0.25) is 25.3 Å². The van der Waals surface area contributed by atoms with Crippen molar-refractivity contribution < 1.29 is 27.5 Å². The molecule has 0 aliphatic carbocycles. The molecule has 2 heterocycles. The zero-order valence-corrected chi connectivity index (χ0v) is 24.9. The van der Waals surface area contributed by atoms with Crippen molar-refractivity contribution >= 4 is 35.3 Å². The molecule has 1 saturated heterocycles. The van der Waals surface area contributed by atoms with E-state index in [4.69, 9.17) is 21.0 Å². The monoisotopic (exact) mass is 589 g/mol. The summed E-state index contributed by atoms with van der Waals surface area (Å²) >= 11 is 0. The molecule has 1 aliphatic heterocycles. The number of allylic oxidation sites excluding steroid dienone is 2. The van der Waals surface area contributed by atoms with Crippen molar-refractivity contribution in [3.63, 3.8) is 0 Å². The summed E-state index contributed by atoms with van der Waals surface area (Å²) in [7, 11) is 2.02. The van der Waals surface area contributed by atoms with Crippen LogP contribution in [0.5, 0.6) is 0 Å². The molecule has 4 N–H and O–H groups in total. The highest BCUT2D eigenvalue weighted by atomic mass is 19.4. The van der Waals surface area contributed by atoms with E-state index >= 15 is 0 Å². The largest absolute Gasteiger partial charge is 0.421 e. The number of imidazole rings is 1. The second-order valence-electron chi connectivity index (χ2n) is 11.5. The number of aldehydes is 1. The first-order chi connectivity index (χ1) is 19.3. The number of hydrogen-bond donors (Lipinski definition) is 4. The molecule has 0 radical (unpaired) electrons. The highest BCUT2D eigenvalue weighted by molar-refractivity contribution is 6.35. The summed E-state index contributed by atoms with van der Waals surface area (Å²) in [6, 6.07) is 4.43. The fraction of sp³-hybridized carbons (Fsp3) is 0.448. The van der Waals surface area contributed by atoms with E-state index in [1.54, 1.807) is 11.0 Å². The normalized spacial score (nSPS) is 15.8. The van der Waals surface area contributed by atoms with Gasteiger partial charge in [-0.05, 0) is 50.1 Å². The maximum atomic E-state index is 12.6. The third-order valence-corrected chi connectivity index (χ3v) is 6.65. The number of carbonyl (C=O) groups is 2. The Morgan fingerprint density at radius 2 is 1.69 bits per heavy atom. The maximum Gasteiger partial charge on any atom is 0.416 e. The van der Waals surface area contributed by atoms with Gasteiger partial charge in [0.05, 0.1) is 23.2 Å². The van der Waals surface area contributed by atoms with Crippen LogP contribution < -0.4 is 0 Å². The number of nitrogens with one attached hydrogen (secondary N) is 4. The Balaban J connectivity index is 0.000000317. The summed E-state index contributed by atoms with van der Waals surface area (Å²) in [6.07, 6.45) is -0.829. The van der Waals surface area contributed by atoms with E-state index in [1.807, 2.05) is 27.8 Å². The van der Waals surface area contributed by atoms with Crippen LogP contribution in [0.3, 0.4) is 0 Å². The van der Waals surface area contributed by atoms with Crippen LogP contribution in [0, 0.1) is 21.6 Å². The number of aromatic amines is 1. The zero-order chi connectivity index (χ0) is 32.0. The van der Waals surface area contributed by atoms with Gasteiger partial charge in [0.25, 0.3) is 5.90 Å². The Bertz CT molecular complexity index is 1350. The number of nitrogens with zero attached hydrogens (tertiary/aromatic N) is 3. The quantitative estimate of drug-likeness (QED) is 0.218. The average molecular weight is 590 g/mol. The molecular formula is C29H38F3N7O3. The molecule has 0 unspecified atom stereocenters. The van der Waals surface area contributed by atoms with Crippen molar-refractivity contribution in [1.29, 1.82) is 16.2 Å². The fourth-order valence-electron chi connectivity index (χ4n) is 3.99. The SMILES string of the molecule is CC(=N)OC(=N)C(=O)N1CCN(C)C(C)(C)C1.CC(C)(C)/C(=C/C(=N)c1ccc(C(F)(F)F)cc1)c1ncc(C=O)[nH]1. The van der Waals surface area contributed by atoms with Crippen molar-refractivity contribution in [2.45, 2.75) is 53.3 Å². The molecule has 1 aromatic heterocycles. The summed E-state index contributed by atoms with van der Waals surface area (Å²) in [6.45, 7) is 13.2. The zero-order valence-electron chi connectivity index (χ0n) is 24.9. The van der Waals surface area contributed by atoms with Crippen LogP contribution in [-0.2, 0) is 15.7 Å². The van der Waals surface area contributed by atoms with Crippen LogP contribution in [0.15, 0.2) is 36.5 Å². The molecule has 228 valence electrons. The van der Waals surface area contributed by atoms with E-state index in [2.05, 4.69) is 28.7 Å². The fourth-order valence-corrected chi connectivity index (χ4v) is 3.99. The highest BCUT2D eigenvalue weighted by Crippen LogP contribution is 2.33. The van der Waals surface area contributed by atoms with E-state index in [1.165, 1.54) is 25.3 Å². The van der Waals surface area contributed by atoms with Gasteiger partial charge in [0.1, 0.15) is 5.82 Å². The molecule has 1 amide bonds. The molecule has 1 aliphatic rings. The van der Waals surface area contributed by atoms with Crippen LogP contribution in [-0.4, -0.2) is 81.7 Å². The number of benzene rings is 1. The van der Waals surface area contributed by atoms with Gasteiger partial charge >= 0.3 is 12.1 Å². The molecule has 0 atom stereocenters. The maximum absolute atomic E-state index is 12.6. The van der Waals surface area contributed by atoms with Gasteiger partial charge in [0, 0.05) is 37.7 Å². The van der Waals surface area contributed by atoms with E-state index in [0.717, 1.165) is 18.7 Å². The van der Waals surface area contributed by atoms with Gasteiger partial charge in [-0.15, -0.1) is 0 Å². The predicted molar refractivity (Wildman–Crippen MR) is 155 cm³/mol. The Morgan fingerprint density at radius 3 is 2.14 bits per heavy atom. The molecule has 42 heavy (non-hydrogen) atoms. The van der Waals surface area contributed by atoms with Gasteiger partial charge in [-0.2, -0.15) is 13.2 Å². The first-order valence-electron chi connectivity index (χ1n) is 13.1. The molecule has 2 aromatic rings. The van der Waals surface area contributed by atoms with E-state index in [-0.39, 0.29) is 17.1 Å². The van der Waals surface area contributed by atoms with Gasteiger partial charge in [-0.1, -0.05) is 32.9 Å². The van der Waals surface area contributed by atoms with Crippen molar-refractivity contribution in [3.8, 4) is 0 Å². The topological polar surface area (TPSA) is 150 Å². The van der Waals surface area contributed by atoms with Crippen LogP contribution in [0.1, 0.15) is 69.0 Å². The van der Waals surface area contributed by atoms with Crippen LogP contribution in [0.25, 0.3) is 5.57 Å². The molecule has 1 fully saturated rings. The molecule has 10 nitrogen and oxygen atoms in total. The van der Waals surface area contributed by atoms with Gasteiger partial charge in [0.15, 0.2) is 12.2 Å². The van der Waals surface area contributed by atoms with Gasteiger partial charge in [-0.25, -0.2) is 4.98 Å². The van der Waals surface area contributed by atoms with Crippen LogP contribution in [0.2, 0.25) is 0 Å². The molecule has 0 spiro atoms. The molecule has 1 aromatic carbocycles. The Kier molecular flexibility index (Phi) is 10.7. The minimum Gasteiger partial charge on any atom is -0.421 e. The predicted octanol–water partition coefficient (Wildman–Crippen LogP) is 5.27. The molecule has 0 saturated carbocycles. The second-order valence-corrected chi connectivity index (χ2v) is 11.5. The standard InChI is InChI=1S/C18H18F3N3O.C11H20N4O2/c1-17(2,3)14(16-23-9-13(10-25)24-16)8-15(22)11-4-6-12(7-5-11)18(19,20)21;1-8(12)17-9(13)10(16)15-6-5-14(4)11(2,3)7-15/h4-10,22H,1-3H3,(H,23,24);12-13H,5-7H2,1-4H3/b14-8+,22-15?;. The number of rotatable bonds is 4. The van der Waals surface area contributed by atoms with Crippen LogP contribution in [0.4, 0.5) is 13.2 Å². The molecule has 0 bridgehead atoms. The Hall–Kier alpha value is -4.13. The molecular weight excluding hydrogens is 551 g/mol. The smallest absolute Gasteiger partial charge is 0.416 e. The average Bonchev–Trinajstić information content (AvgIpc) is 3.36. The second kappa shape index (κ2) is 13.2. The molecule has 13 heteroatoms. The van der Waals surface area contributed by atoms with Crippen molar-refractivity contribution in [2.24, 2.45) is 5.41 Å². The summed E-state index contributed by atoms with van der Waals surface area (Å²) in [5.41, 5.74) is 0.145. The van der Waals surface area contributed by atoms with Crippen molar-refractivity contribution in [1.82, 2.24) is 19.8 Å². The number of piperazine rings is 1. The lowest BCUT2D eigenvalue weighted by atomic mass is 9.84. The highest BCUT2D eigenvalue weighted by Gasteiger charge is 2.35. The van der Waals surface area contributed by atoms with Gasteiger partial charge in [0.2, 0.25) is 0 Å². The summed E-state index contributed by atoms with van der Waals surface area (Å²) in [4.78, 5) is 33.5. The summed E-state index contributed by atoms with van der Waals surface area (Å²) in [5.74, 6) is -0.612. The van der Waals surface area contributed by atoms with E-state index < -0.39 is 29.0 Å². The first-order valence-corrected chi connectivity index (χ1v) is 13.1. The minimum atomic E-state index is -4.41.